The average molecular weight is 421 g/mol. The molecule has 2 aromatic heterocycles. The number of nitrogens with zero attached hydrogens (tertiary/aromatic N) is 4. The summed E-state index contributed by atoms with van der Waals surface area (Å²) in [6, 6.07) is 9.27. The van der Waals surface area contributed by atoms with E-state index in [0.29, 0.717) is 24.3 Å². The van der Waals surface area contributed by atoms with E-state index in [9.17, 15) is 9.90 Å². The summed E-state index contributed by atoms with van der Waals surface area (Å²) in [7, 11) is 0. The number of fused-ring (bicyclic) bond motifs is 3. The first-order valence-corrected chi connectivity index (χ1v) is 10.9. The Balaban J connectivity index is 1.42. The molecule has 0 aliphatic carbocycles. The number of urea groups is 1. The number of phenolic OH excluding ortho intramolecular Hbond substituents is 1. The van der Waals surface area contributed by atoms with Gasteiger partial charge in [0, 0.05) is 55.8 Å². The Morgan fingerprint density at radius 2 is 1.94 bits per heavy atom. The van der Waals surface area contributed by atoms with Crippen molar-refractivity contribution in [2.75, 3.05) is 32.7 Å². The molecule has 0 radical (unpaired) electrons. The molecule has 0 atom stereocenters. The molecular weight excluding hydrogens is 392 g/mol. The summed E-state index contributed by atoms with van der Waals surface area (Å²) in [5, 5.41) is 23.3. The predicted molar refractivity (Wildman–Crippen MR) is 119 cm³/mol. The van der Waals surface area contributed by atoms with Crippen molar-refractivity contribution < 1.29 is 9.90 Å². The van der Waals surface area contributed by atoms with Gasteiger partial charge in [0.1, 0.15) is 5.75 Å². The van der Waals surface area contributed by atoms with E-state index in [0.717, 1.165) is 49.2 Å². The summed E-state index contributed by atoms with van der Waals surface area (Å²) in [5.41, 5.74) is 4.19. The second kappa shape index (κ2) is 7.53. The molecule has 4 heterocycles. The summed E-state index contributed by atoms with van der Waals surface area (Å²) >= 11 is 0. The third kappa shape index (κ3) is 3.50. The highest BCUT2D eigenvalue weighted by Crippen LogP contribution is 2.31. The molecule has 3 aromatic rings. The van der Waals surface area contributed by atoms with E-state index in [2.05, 4.69) is 34.3 Å². The fraction of sp³-hybridized carbons (Fsp3) is 0.435. The first-order chi connectivity index (χ1) is 14.9. The molecule has 5 rings (SSSR count). The van der Waals surface area contributed by atoms with Crippen molar-refractivity contribution in [3.05, 3.63) is 41.6 Å². The summed E-state index contributed by atoms with van der Waals surface area (Å²) < 4.78 is 0. The lowest BCUT2D eigenvalue weighted by Gasteiger charge is -2.44. The molecule has 162 valence electrons. The van der Waals surface area contributed by atoms with Gasteiger partial charge in [0.05, 0.1) is 11.2 Å². The molecule has 1 saturated heterocycles. The van der Waals surface area contributed by atoms with Crippen molar-refractivity contribution in [1.82, 2.24) is 30.3 Å². The fourth-order valence-electron chi connectivity index (χ4n) is 4.72. The molecule has 2 amide bonds. The van der Waals surface area contributed by atoms with E-state index >= 15 is 0 Å². The lowest BCUT2D eigenvalue weighted by atomic mass is 10.0. The van der Waals surface area contributed by atoms with Crippen molar-refractivity contribution in [3.8, 4) is 17.0 Å². The Labute approximate surface area is 181 Å². The third-order valence-electron chi connectivity index (χ3n) is 6.50. The van der Waals surface area contributed by atoms with Crippen LogP contribution in [0.5, 0.6) is 5.75 Å². The zero-order valence-electron chi connectivity index (χ0n) is 18.0. The van der Waals surface area contributed by atoms with Crippen LogP contribution in [0, 0.1) is 0 Å². The number of para-hydroxylation sites is 1. The maximum absolute atomic E-state index is 13.3. The van der Waals surface area contributed by atoms with Crippen LogP contribution < -0.4 is 5.32 Å². The number of piperazine rings is 1. The number of aromatic amines is 1. The highest BCUT2D eigenvalue weighted by atomic mass is 16.3. The topological polar surface area (TPSA) is 97.4 Å². The van der Waals surface area contributed by atoms with Gasteiger partial charge >= 0.3 is 6.03 Å². The molecular formula is C23H28N6O2. The van der Waals surface area contributed by atoms with Gasteiger partial charge in [-0.1, -0.05) is 12.1 Å². The first-order valence-electron chi connectivity index (χ1n) is 10.9. The van der Waals surface area contributed by atoms with Crippen molar-refractivity contribution in [2.45, 2.75) is 32.2 Å². The lowest BCUT2D eigenvalue weighted by Crippen LogP contribution is -2.62. The van der Waals surface area contributed by atoms with Crippen LogP contribution in [0.25, 0.3) is 22.3 Å². The van der Waals surface area contributed by atoms with Crippen LogP contribution >= 0.6 is 0 Å². The Morgan fingerprint density at radius 3 is 2.74 bits per heavy atom. The second-order valence-electron chi connectivity index (χ2n) is 9.00. The molecule has 1 aromatic carbocycles. The standard InChI is InChI=1S/C23H28N6O2/c1-23(2)14-24-9-12-29(23)22(31)28-10-7-15-17-13-19(16-5-3-4-6-20(16)30)26-27-21(17)25-18(15)8-11-28/h3-6,13,24,30H,7-12,14H2,1-2H3,(H,25,27). The highest BCUT2D eigenvalue weighted by Gasteiger charge is 2.36. The zero-order chi connectivity index (χ0) is 21.6. The number of H-pyrrole nitrogens is 1. The molecule has 31 heavy (non-hydrogen) atoms. The third-order valence-corrected chi connectivity index (χ3v) is 6.50. The van der Waals surface area contributed by atoms with Gasteiger partial charge in [0.2, 0.25) is 0 Å². The van der Waals surface area contributed by atoms with E-state index in [1.165, 1.54) is 5.56 Å². The molecule has 0 unspecified atom stereocenters. The minimum atomic E-state index is -0.190. The molecule has 2 aliphatic heterocycles. The van der Waals surface area contributed by atoms with Gasteiger partial charge in [-0.15, -0.1) is 10.2 Å². The Kier molecular flexibility index (Phi) is 4.81. The van der Waals surface area contributed by atoms with Crippen LogP contribution in [0.3, 0.4) is 0 Å². The van der Waals surface area contributed by atoms with E-state index in [1.807, 2.05) is 28.0 Å². The summed E-state index contributed by atoms with van der Waals surface area (Å²) in [5.74, 6) is 0.188. The maximum atomic E-state index is 13.3. The van der Waals surface area contributed by atoms with E-state index in [1.54, 1.807) is 12.1 Å². The second-order valence-corrected chi connectivity index (χ2v) is 9.00. The normalized spacial score (nSPS) is 18.6. The number of phenols is 1. The number of hydrogen-bond acceptors (Lipinski definition) is 5. The molecule has 0 bridgehead atoms. The first kappa shape index (κ1) is 19.8. The van der Waals surface area contributed by atoms with Gasteiger partial charge in [-0.05, 0) is 44.0 Å². The number of aromatic nitrogens is 3. The molecule has 0 spiro atoms. The summed E-state index contributed by atoms with van der Waals surface area (Å²) in [6.07, 6.45) is 1.52. The Morgan fingerprint density at radius 1 is 1.13 bits per heavy atom. The number of carbonyl (C=O) groups is 1. The number of carbonyl (C=O) groups excluding carboxylic acids is 1. The fourth-order valence-corrected chi connectivity index (χ4v) is 4.72. The van der Waals surface area contributed by atoms with Gasteiger partial charge in [0.15, 0.2) is 5.65 Å². The van der Waals surface area contributed by atoms with E-state index in [-0.39, 0.29) is 17.3 Å². The number of benzene rings is 1. The SMILES string of the molecule is CC1(C)CNCCN1C(=O)N1CCc2[nH]c3nnc(-c4ccccc4O)cc3c2CC1. The van der Waals surface area contributed by atoms with Gasteiger partial charge in [-0.3, -0.25) is 0 Å². The minimum absolute atomic E-state index is 0.121. The van der Waals surface area contributed by atoms with Crippen LogP contribution in [-0.2, 0) is 12.8 Å². The number of rotatable bonds is 1. The molecule has 1 fully saturated rings. The van der Waals surface area contributed by atoms with Gasteiger partial charge in [-0.25, -0.2) is 4.79 Å². The van der Waals surface area contributed by atoms with Crippen molar-refractivity contribution in [2.24, 2.45) is 0 Å². The number of nitrogens with one attached hydrogen (secondary N) is 2. The van der Waals surface area contributed by atoms with Crippen molar-refractivity contribution in [1.29, 1.82) is 0 Å². The number of hydrogen-bond donors (Lipinski definition) is 3. The zero-order valence-corrected chi connectivity index (χ0v) is 18.0. The van der Waals surface area contributed by atoms with Crippen LogP contribution in [0.1, 0.15) is 25.1 Å². The lowest BCUT2D eigenvalue weighted by molar-refractivity contribution is 0.0857. The number of amides is 2. The molecule has 8 heteroatoms. The monoisotopic (exact) mass is 420 g/mol. The van der Waals surface area contributed by atoms with Crippen LogP contribution in [0.2, 0.25) is 0 Å². The molecule has 0 saturated carbocycles. The highest BCUT2D eigenvalue weighted by molar-refractivity contribution is 5.85. The van der Waals surface area contributed by atoms with Crippen molar-refractivity contribution in [3.63, 3.8) is 0 Å². The average Bonchev–Trinajstić information content (AvgIpc) is 2.96. The van der Waals surface area contributed by atoms with Gasteiger partial charge < -0.3 is 25.2 Å². The van der Waals surface area contributed by atoms with Crippen LogP contribution in [0.4, 0.5) is 4.79 Å². The Bertz CT molecular complexity index is 1140. The van der Waals surface area contributed by atoms with Crippen molar-refractivity contribution >= 4 is 17.1 Å². The maximum Gasteiger partial charge on any atom is 0.320 e. The molecule has 3 N–H and O–H groups in total. The number of aromatic hydroxyl groups is 1. The predicted octanol–water partition coefficient (Wildman–Crippen LogP) is 2.53. The molecule has 2 aliphatic rings. The smallest absolute Gasteiger partial charge is 0.320 e. The quantitative estimate of drug-likeness (QED) is 0.562. The van der Waals surface area contributed by atoms with Gasteiger partial charge in [-0.2, -0.15) is 0 Å². The summed E-state index contributed by atoms with van der Waals surface area (Å²) in [4.78, 5) is 20.7. The van der Waals surface area contributed by atoms with E-state index < -0.39 is 0 Å². The summed E-state index contributed by atoms with van der Waals surface area (Å²) in [6.45, 7) is 7.96. The molecule has 8 nitrogen and oxygen atoms in total. The van der Waals surface area contributed by atoms with Crippen LogP contribution in [0.15, 0.2) is 30.3 Å². The van der Waals surface area contributed by atoms with E-state index in [4.69, 9.17) is 0 Å². The van der Waals surface area contributed by atoms with Gasteiger partial charge in [0.25, 0.3) is 0 Å². The minimum Gasteiger partial charge on any atom is -0.507 e. The largest absolute Gasteiger partial charge is 0.507 e. The Hall–Kier alpha value is -3.13. The van der Waals surface area contributed by atoms with Crippen LogP contribution in [-0.4, -0.2) is 74.4 Å².